The Morgan fingerprint density at radius 2 is 1.11 bits per heavy atom. The minimum absolute atomic E-state index is 0.0756. The normalized spacial score (nSPS) is 19.1. The van der Waals surface area contributed by atoms with Crippen LogP contribution in [0.1, 0.15) is 75.2 Å². The number of hydrogen-bond donors (Lipinski definition) is 2. The van der Waals surface area contributed by atoms with Gasteiger partial charge in [-0.05, 0) is 68.7 Å². The molecule has 0 spiro atoms. The van der Waals surface area contributed by atoms with Gasteiger partial charge in [-0.3, -0.25) is 29.1 Å². The van der Waals surface area contributed by atoms with E-state index in [1.165, 1.54) is 0 Å². The zero-order valence-corrected chi connectivity index (χ0v) is 24.9. The lowest BCUT2D eigenvalue weighted by Crippen LogP contribution is -2.51. The van der Waals surface area contributed by atoms with Crippen LogP contribution in [0.15, 0.2) is 0 Å². The molecule has 2 atom stereocenters. The summed E-state index contributed by atoms with van der Waals surface area (Å²) < 4.78 is 16.9. The van der Waals surface area contributed by atoms with Crippen molar-refractivity contribution >= 4 is 17.9 Å². The van der Waals surface area contributed by atoms with Crippen molar-refractivity contribution in [2.24, 2.45) is 0 Å². The Labute approximate surface area is 228 Å². The maximum atomic E-state index is 12.6. The lowest BCUT2D eigenvalue weighted by Gasteiger charge is -2.38. The molecule has 1 heterocycles. The summed E-state index contributed by atoms with van der Waals surface area (Å²) >= 11 is 0. The zero-order chi connectivity index (χ0) is 29.3. The molecule has 38 heavy (non-hydrogen) atoms. The summed E-state index contributed by atoms with van der Waals surface area (Å²) in [6.07, 6.45) is -1.16. The van der Waals surface area contributed by atoms with Gasteiger partial charge in [0, 0.05) is 45.7 Å². The SMILES string of the molecule is CC(C)(C)OC(=O)CN1CCN(CC(=O)OC(C)(C)C)CCN(C(CCC(=O)O)C(O)OC(C)(C)C)CC1. The second-order valence-electron chi connectivity index (χ2n) is 12.9. The molecule has 0 bridgehead atoms. The molecule has 2 unspecified atom stereocenters. The maximum absolute atomic E-state index is 12.6. The number of nitrogens with zero attached hydrogens (tertiary/aromatic N) is 3. The van der Waals surface area contributed by atoms with Gasteiger partial charge in [0.05, 0.1) is 24.7 Å². The first kappa shape index (κ1) is 34.2. The lowest BCUT2D eigenvalue weighted by atomic mass is 10.1. The van der Waals surface area contributed by atoms with Gasteiger partial charge in [-0.1, -0.05) is 0 Å². The largest absolute Gasteiger partial charge is 0.481 e. The van der Waals surface area contributed by atoms with E-state index >= 15 is 0 Å². The predicted octanol–water partition coefficient (Wildman–Crippen LogP) is 1.96. The van der Waals surface area contributed by atoms with E-state index < -0.39 is 35.1 Å². The van der Waals surface area contributed by atoms with E-state index in [1.54, 1.807) is 0 Å². The topological polar surface area (TPSA) is 129 Å². The van der Waals surface area contributed by atoms with Crippen molar-refractivity contribution in [3.63, 3.8) is 0 Å². The van der Waals surface area contributed by atoms with Crippen LogP contribution in [0.2, 0.25) is 0 Å². The Morgan fingerprint density at radius 3 is 1.45 bits per heavy atom. The van der Waals surface area contributed by atoms with Crippen LogP contribution in [0.25, 0.3) is 0 Å². The first-order chi connectivity index (χ1) is 17.2. The number of ether oxygens (including phenoxy) is 3. The first-order valence-electron chi connectivity index (χ1n) is 13.4. The van der Waals surface area contributed by atoms with Crippen LogP contribution in [0.3, 0.4) is 0 Å². The van der Waals surface area contributed by atoms with Crippen LogP contribution in [0.4, 0.5) is 0 Å². The molecule has 1 fully saturated rings. The quantitative estimate of drug-likeness (QED) is 0.309. The van der Waals surface area contributed by atoms with Crippen LogP contribution in [-0.2, 0) is 28.6 Å². The zero-order valence-electron chi connectivity index (χ0n) is 24.9. The highest BCUT2D eigenvalue weighted by Crippen LogP contribution is 2.20. The van der Waals surface area contributed by atoms with Gasteiger partial charge < -0.3 is 24.4 Å². The van der Waals surface area contributed by atoms with E-state index in [1.807, 2.05) is 77.0 Å². The fourth-order valence-electron chi connectivity index (χ4n) is 4.14. The molecule has 11 nitrogen and oxygen atoms in total. The number of aliphatic hydroxyl groups is 1. The van der Waals surface area contributed by atoms with Crippen molar-refractivity contribution < 1.29 is 38.8 Å². The third-order valence-electron chi connectivity index (χ3n) is 5.61. The number of carboxylic acid groups (broad SMARTS) is 1. The van der Waals surface area contributed by atoms with Gasteiger partial charge in [-0.25, -0.2) is 0 Å². The summed E-state index contributed by atoms with van der Waals surface area (Å²) in [6, 6.07) is -0.588. The Hall–Kier alpha value is -1.79. The van der Waals surface area contributed by atoms with Crippen LogP contribution in [0, 0.1) is 0 Å². The van der Waals surface area contributed by atoms with Crippen molar-refractivity contribution in [2.45, 2.75) is 104 Å². The monoisotopic (exact) mass is 545 g/mol. The van der Waals surface area contributed by atoms with Crippen LogP contribution in [-0.4, -0.2) is 124 Å². The minimum Gasteiger partial charge on any atom is -0.481 e. The summed E-state index contributed by atoms with van der Waals surface area (Å²) in [4.78, 5) is 42.5. The highest BCUT2D eigenvalue weighted by Gasteiger charge is 2.32. The molecule has 0 amide bonds. The third-order valence-corrected chi connectivity index (χ3v) is 5.61. The summed E-state index contributed by atoms with van der Waals surface area (Å²) in [5.74, 6) is -1.65. The van der Waals surface area contributed by atoms with Gasteiger partial charge in [0.1, 0.15) is 11.2 Å². The number of aliphatic carboxylic acids is 1. The first-order valence-corrected chi connectivity index (χ1v) is 13.4. The van der Waals surface area contributed by atoms with Crippen LogP contribution in [0.5, 0.6) is 0 Å². The fraction of sp³-hybridized carbons (Fsp3) is 0.889. The van der Waals surface area contributed by atoms with Crippen LogP contribution < -0.4 is 0 Å². The van der Waals surface area contributed by atoms with E-state index in [0.29, 0.717) is 39.3 Å². The van der Waals surface area contributed by atoms with Crippen molar-refractivity contribution in [2.75, 3.05) is 52.4 Å². The van der Waals surface area contributed by atoms with E-state index in [0.717, 1.165) is 0 Å². The molecular weight excluding hydrogens is 494 g/mol. The molecule has 2 N–H and O–H groups in total. The molecule has 1 saturated heterocycles. The number of esters is 2. The standard InChI is InChI=1S/C27H51N3O8/c1-25(2,3)36-22(33)18-28-12-13-29(19-23(34)37-26(4,5)6)15-17-30(16-14-28)20(10-11-21(31)32)24(35)38-27(7,8)9/h20,24,35H,10-19H2,1-9H3,(H,31,32). The van der Waals surface area contributed by atoms with E-state index in [2.05, 4.69) is 0 Å². The van der Waals surface area contributed by atoms with Crippen molar-refractivity contribution in [1.29, 1.82) is 0 Å². The van der Waals surface area contributed by atoms with E-state index in [4.69, 9.17) is 14.2 Å². The predicted molar refractivity (Wildman–Crippen MR) is 144 cm³/mol. The summed E-state index contributed by atoms with van der Waals surface area (Å²) in [5.41, 5.74) is -1.85. The third kappa shape index (κ3) is 15.6. The molecule has 0 aromatic carbocycles. The van der Waals surface area contributed by atoms with Gasteiger partial charge >= 0.3 is 17.9 Å². The molecule has 0 saturated carbocycles. The molecule has 222 valence electrons. The number of aliphatic hydroxyl groups excluding tert-OH is 1. The molecule has 11 heteroatoms. The second-order valence-corrected chi connectivity index (χ2v) is 12.9. The number of hydrogen-bond acceptors (Lipinski definition) is 10. The van der Waals surface area contributed by atoms with Crippen molar-refractivity contribution in [1.82, 2.24) is 14.7 Å². The molecule has 0 aromatic rings. The fourth-order valence-corrected chi connectivity index (χ4v) is 4.14. The van der Waals surface area contributed by atoms with Gasteiger partial charge in [0.15, 0.2) is 6.29 Å². The smallest absolute Gasteiger partial charge is 0.320 e. The van der Waals surface area contributed by atoms with Gasteiger partial charge in [-0.2, -0.15) is 0 Å². The number of carbonyl (C=O) groups is 3. The highest BCUT2D eigenvalue weighted by molar-refractivity contribution is 5.72. The average molecular weight is 546 g/mol. The molecule has 1 aliphatic rings. The summed E-state index contributed by atoms with van der Waals surface area (Å²) in [7, 11) is 0. The molecule has 1 aliphatic heterocycles. The van der Waals surface area contributed by atoms with Crippen molar-refractivity contribution in [3.05, 3.63) is 0 Å². The van der Waals surface area contributed by atoms with Gasteiger partial charge in [0.25, 0.3) is 0 Å². The Morgan fingerprint density at radius 1 is 0.711 bits per heavy atom. The molecule has 0 aromatic heterocycles. The van der Waals surface area contributed by atoms with Gasteiger partial charge in [0.2, 0.25) is 0 Å². The molecule has 0 aliphatic carbocycles. The summed E-state index contributed by atoms with van der Waals surface area (Å²) in [6.45, 7) is 19.5. The van der Waals surface area contributed by atoms with Crippen molar-refractivity contribution in [3.8, 4) is 0 Å². The highest BCUT2D eigenvalue weighted by atomic mass is 16.6. The van der Waals surface area contributed by atoms with Crippen LogP contribution >= 0.6 is 0 Å². The number of rotatable bonds is 10. The second kappa shape index (κ2) is 14.6. The Bertz CT molecular complexity index is 728. The van der Waals surface area contributed by atoms with E-state index in [-0.39, 0.29) is 37.9 Å². The maximum Gasteiger partial charge on any atom is 0.320 e. The Balaban J connectivity index is 3.16. The molecular formula is C27H51N3O8. The minimum atomic E-state index is -1.21. The summed E-state index contributed by atoms with van der Waals surface area (Å²) in [5, 5.41) is 20.3. The molecule has 0 radical (unpaired) electrons. The average Bonchev–Trinajstić information content (AvgIpc) is 2.76. The number of carbonyl (C=O) groups excluding carboxylic acids is 2. The number of carboxylic acids is 1. The molecule has 1 rings (SSSR count). The lowest BCUT2D eigenvalue weighted by molar-refractivity contribution is -0.199. The van der Waals surface area contributed by atoms with E-state index in [9.17, 15) is 24.6 Å². The van der Waals surface area contributed by atoms with Gasteiger partial charge in [-0.15, -0.1) is 0 Å². The Kier molecular flexibility index (Phi) is 13.1.